The smallest absolute Gasteiger partial charge is 0.326 e. The van der Waals surface area contributed by atoms with Gasteiger partial charge in [0.2, 0.25) is 11.9 Å². The molecule has 0 aliphatic heterocycles. The van der Waals surface area contributed by atoms with Gasteiger partial charge in [-0.1, -0.05) is 26.7 Å². The molecule has 1 heterocycles. The summed E-state index contributed by atoms with van der Waals surface area (Å²) in [5, 5.41) is 5.65. The van der Waals surface area contributed by atoms with E-state index in [0.717, 1.165) is 0 Å². The zero-order valence-electron chi connectivity index (χ0n) is 19.4. The average molecular weight is 513 g/mol. The number of Topliss-reactive ketones (excluding diaryl/α,β-unsaturated/α-hetero) is 2. The first-order valence-electron chi connectivity index (χ1n) is 11.1. The van der Waals surface area contributed by atoms with E-state index >= 15 is 0 Å². The molecule has 1 aromatic heterocycles. The van der Waals surface area contributed by atoms with Crippen molar-refractivity contribution in [2.24, 2.45) is 11.7 Å². The molecule has 0 amide bonds. The molecular weight excluding hydrogens is 488 g/mol. The molecule has 1 aliphatic rings. The van der Waals surface area contributed by atoms with Crippen molar-refractivity contribution in [3.05, 3.63) is 64.1 Å². The molecule has 6 N–H and O–H groups in total. The summed E-state index contributed by atoms with van der Waals surface area (Å²) in [4.78, 5) is 48.3. The highest BCUT2D eigenvalue weighted by molar-refractivity contribution is 7.85. The van der Waals surface area contributed by atoms with Crippen LogP contribution in [0.25, 0.3) is 0 Å². The quantitative estimate of drug-likeness (QED) is 0.219. The Balaban J connectivity index is 1.59. The number of hydrogen-bond acceptors (Lipinski definition) is 10. The first kappa shape index (κ1) is 25.2. The lowest BCUT2D eigenvalue weighted by atomic mass is 9.77. The molecule has 188 valence electrons. The SMILES string of the molecule is CCC(CC)C1(N)C(=O)c2ccc(Nc3nc(Nc4ccc(S(=O)(=O)O)cc4)nc(=O)[nH]3)cc2C1=O. The van der Waals surface area contributed by atoms with Crippen LogP contribution < -0.4 is 22.1 Å². The molecule has 0 spiro atoms. The Labute approximate surface area is 206 Å². The van der Waals surface area contributed by atoms with Gasteiger partial charge in [-0.2, -0.15) is 18.4 Å². The van der Waals surface area contributed by atoms with Gasteiger partial charge in [-0.3, -0.25) is 19.1 Å². The predicted molar refractivity (Wildman–Crippen MR) is 132 cm³/mol. The number of ketones is 2. The Morgan fingerprint density at radius 3 is 2.17 bits per heavy atom. The standard InChI is InChI=1S/C23H24N6O6S/c1-3-12(4-2)23(24)18(30)16-10-7-14(11-17(16)19(23)31)26-21-27-20(28-22(32)29-21)25-13-5-8-15(9-6-13)36(33,34)35/h5-12H,3-4,24H2,1-2H3,(H,33,34,35)(H3,25,26,27,28,29,32). The van der Waals surface area contributed by atoms with E-state index in [1.165, 1.54) is 36.4 Å². The second kappa shape index (κ2) is 9.26. The normalized spacial score (nSPS) is 17.4. The lowest BCUT2D eigenvalue weighted by Crippen LogP contribution is -2.56. The molecule has 1 unspecified atom stereocenters. The van der Waals surface area contributed by atoms with Gasteiger partial charge in [0.05, 0.1) is 4.90 Å². The number of nitrogens with zero attached hydrogens (tertiary/aromatic N) is 2. The summed E-state index contributed by atoms with van der Waals surface area (Å²) in [6.07, 6.45) is 1.17. The Hall–Kier alpha value is -3.94. The van der Waals surface area contributed by atoms with Crippen molar-refractivity contribution < 1.29 is 22.6 Å². The van der Waals surface area contributed by atoms with Crippen molar-refractivity contribution in [2.45, 2.75) is 37.1 Å². The number of carbonyl (C=O) groups is 2. The Bertz CT molecular complexity index is 1510. The summed E-state index contributed by atoms with van der Waals surface area (Å²) in [6, 6.07) is 9.66. The maximum Gasteiger partial charge on any atom is 0.351 e. The first-order valence-corrected chi connectivity index (χ1v) is 12.5. The number of anilines is 4. The fraction of sp³-hybridized carbons (Fsp3) is 0.261. The predicted octanol–water partition coefficient (Wildman–Crippen LogP) is 2.41. The van der Waals surface area contributed by atoms with E-state index in [0.29, 0.717) is 24.2 Å². The van der Waals surface area contributed by atoms with E-state index < -0.39 is 32.9 Å². The van der Waals surface area contributed by atoms with Gasteiger partial charge in [0, 0.05) is 22.5 Å². The highest BCUT2D eigenvalue weighted by Crippen LogP contribution is 2.37. The Kier molecular flexibility index (Phi) is 6.47. The second-order valence-electron chi connectivity index (χ2n) is 8.38. The number of carbonyl (C=O) groups excluding carboxylic acids is 2. The number of fused-ring (bicyclic) bond motifs is 1. The third-order valence-electron chi connectivity index (χ3n) is 6.21. The van der Waals surface area contributed by atoms with Crippen molar-refractivity contribution in [1.82, 2.24) is 15.0 Å². The maximum atomic E-state index is 13.2. The molecule has 2 aromatic carbocycles. The molecule has 0 radical (unpaired) electrons. The van der Waals surface area contributed by atoms with Crippen molar-refractivity contribution in [3.8, 4) is 0 Å². The lowest BCUT2D eigenvalue weighted by Gasteiger charge is -2.29. The topological polar surface area (TPSA) is 197 Å². The van der Waals surface area contributed by atoms with Gasteiger partial charge in [0.15, 0.2) is 11.6 Å². The number of nitrogens with one attached hydrogen (secondary N) is 3. The molecule has 0 bridgehead atoms. The van der Waals surface area contributed by atoms with Crippen molar-refractivity contribution in [3.63, 3.8) is 0 Å². The van der Waals surface area contributed by atoms with Crippen molar-refractivity contribution in [2.75, 3.05) is 10.6 Å². The summed E-state index contributed by atoms with van der Waals surface area (Å²) >= 11 is 0. The van der Waals surface area contributed by atoms with Gasteiger partial charge in [-0.05, 0) is 48.4 Å². The number of rotatable bonds is 8. The van der Waals surface area contributed by atoms with Gasteiger partial charge in [0.25, 0.3) is 10.1 Å². The summed E-state index contributed by atoms with van der Waals surface area (Å²) in [6.45, 7) is 3.78. The molecule has 1 atom stereocenters. The van der Waals surface area contributed by atoms with E-state index in [4.69, 9.17) is 10.3 Å². The van der Waals surface area contributed by atoms with Crippen LogP contribution in [-0.2, 0) is 10.1 Å². The highest BCUT2D eigenvalue weighted by Gasteiger charge is 2.53. The number of aromatic nitrogens is 3. The summed E-state index contributed by atoms with van der Waals surface area (Å²) < 4.78 is 31.4. The number of H-pyrrole nitrogens is 1. The molecular formula is C23H24N6O6S. The lowest BCUT2D eigenvalue weighted by molar-refractivity contribution is 0.0723. The van der Waals surface area contributed by atoms with Gasteiger partial charge >= 0.3 is 5.69 Å². The number of hydrogen-bond donors (Lipinski definition) is 5. The minimum Gasteiger partial charge on any atom is -0.326 e. The average Bonchev–Trinajstić information content (AvgIpc) is 3.01. The minimum atomic E-state index is -4.34. The number of nitrogens with two attached hydrogens (primary N) is 1. The third kappa shape index (κ3) is 4.51. The molecule has 0 fully saturated rings. The highest BCUT2D eigenvalue weighted by atomic mass is 32.2. The van der Waals surface area contributed by atoms with Crippen LogP contribution in [0.5, 0.6) is 0 Å². The van der Waals surface area contributed by atoms with Gasteiger partial charge in [-0.25, -0.2) is 4.79 Å². The van der Waals surface area contributed by atoms with Crippen molar-refractivity contribution in [1.29, 1.82) is 0 Å². The number of benzene rings is 2. The van der Waals surface area contributed by atoms with E-state index in [1.807, 2.05) is 13.8 Å². The van der Waals surface area contributed by atoms with Crippen LogP contribution in [0.4, 0.5) is 23.3 Å². The molecule has 4 rings (SSSR count). The maximum absolute atomic E-state index is 13.2. The molecule has 0 saturated carbocycles. The fourth-order valence-corrected chi connectivity index (χ4v) is 4.82. The summed E-state index contributed by atoms with van der Waals surface area (Å²) in [7, 11) is -4.34. The van der Waals surface area contributed by atoms with Crippen LogP contribution >= 0.6 is 0 Å². The van der Waals surface area contributed by atoms with Crippen LogP contribution in [0.2, 0.25) is 0 Å². The van der Waals surface area contributed by atoms with E-state index in [2.05, 4.69) is 25.6 Å². The summed E-state index contributed by atoms with van der Waals surface area (Å²) in [5.41, 5.74) is 5.25. The van der Waals surface area contributed by atoms with E-state index in [9.17, 15) is 22.8 Å². The van der Waals surface area contributed by atoms with Crippen LogP contribution in [-0.4, -0.2) is 45.0 Å². The minimum absolute atomic E-state index is 0.00258. The summed E-state index contributed by atoms with van der Waals surface area (Å²) in [5.74, 6) is -1.22. The molecule has 36 heavy (non-hydrogen) atoms. The number of aromatic amines is 1. The molecule has 1 aliphatic carbocycles. The zero-order chi connectivity index (χ0) is 26.3. The second-order valence-corrected chi connectivity index (χ2v) is 9.80. The molecule has 12 nitrogen and oxygen atoms in total. The van der Waals surface area contributed by atoms with Crippen molar-refractivity contribution >= 4 is 45.0 Å². The van der Waals surface area contributed by atoms with E-state index in [1.54, 1.807) is 6.07 Å². The third-order valence-corrected chi connectivity index (χ3v) is 7.08. The zero-order valence-corrected chi connectivity index (χ0v) is 20.2. The van der Waals surface area contributed by atoms with Gasteiger partial charge in [0.1, 0.15) is 5.54 Å². The Morgan fingerprint density at radius 2 is 1.56 bits per heavy atom. The fourth-order valence-electron chi connectivity index (χ4n) is 4.34. The molecule has 3 aromatic rings. The largest absolute Gasteiger partial charge is 0.351 e. The van der Waals surface area contributed by atoms with Crippen LogP contribution in [0.1, 0.15) is 47.4 Å². The van der Waals surface area contributed by atoms with Gasteiger partial charge < -0.3 is 16.4 Å². The van der Waals surface area contributed by atoms with Crippen LogP contribution in [0, 0.1) is 5.92 Å². The molecule has 13 heteroatoms. The van der Waals surface area contributed by atoms with Crippen LogP contribution in [0.3, 0.4) is 0 Å². The van der Waals surface area contributed by atoms with Gasteiger partial charge in [-0.15, -0.1) is 0 Å². The first-order chi connectivity index (χ1) is 17.0. The monoisotopic (exact) mass is 512 g/mol. The van der Waals surface area contributed by atoms with E-state index in [-0.39, 0.29) is 33.8 Å². The Morgan fingerprint density at radius 1 is 0.944 bits per heavy atom. The van der Waals surface area contributed by atoms with Crippen LogP contribution in [0.15, 0.2) is 52.2 Å². The molecule has 0 saturated heterocycles.